The number of hydrogen-bond acceptors (Lipinski definition) is 1. The molecule has 0 spiro atoms. The maximum atomic E-state index is 11.0. The van der Waals surface area contributed by atoms with Crippen molar-refractivity contribution in [3.05, 3.63) is 34.9 Å². The highest BCUT2D eigenvalue weighted by atomic mass is 16.3. The number of hydrogen-bond donors (Lipinski definition) is 1. The highest BCUT2D eigenvalue weighted by Gasteiger charge is 2.29. The lowest BCUT2D eigenvalue weighted by Crippen LogP contribution is -2.34. The third-order valence-electron chi connectivity index (χ3n) is 4.89. The van der Waals surface area contributed by atoms with Crippen molar-refractivity contribution in [1.29, 1.82) is 0 Å². The van der Waals surface area contributed by atoms with Crippen LogP contribution in [-0.4, -0.2) is 10.7 Å². The Morgan fingerprint density at radius 3 is 1.86 bits per heavy atom. The Bertz CT molecular complexity index is 412. The summed E-state index contributed by atoms with van der Waals surface area (Å²) in [5.41, 5.74) is 3.76. The second-order valence-electron chi connectivity index (χ2n) is 7.19. The Morgan fingerprint density at radius 2 is 1.33 bits per heavy atom. The highest BCUT2D eigenvalue weighted by molar-refractivity contribution is 5.09. The van der Waals surface area contributed by atoms with Crippen molar-refractivity contribution in [1.82, 2.24) is 0 Å². The van der Waals surface area contributed by atoms with Crippen molar-refractivity contribution in [2.24, 2.45) is 5.92 Å². The molecule has 0 bridgehead atoms. The molecular formula is C20H34O. The van der Waals surface area contributed by atoms with Gasteiger partial charge < -0.3 is 5.11 Å². The van der Waals surface area contributed by atoms with Crippen LogP contribution in [0.3, 0.4) is 0 Å². The van der Waals surface area contributed by atoms with Gasteiger partial charge in [0.1, 0.15) is 0 Å². The first-order valence-corrected chi connectivity index (χ1v) is 8.53. The monoisotopic (exact) mass is 290 g/mol. The largest absolute Gasteiger partial charge is 0.389 e. The number of aliphatic hydroxyl groups is 1. The zero-order chi connectivity index (χ0) is 15.9. The average Bonchev–Trinajstić information content (AvgIpc) is 2.42. The van der Waals surface area contributed by atoms with Crippen LogP contribution in [0.1, 0.15) is 79.6 Å². The van der Waals surface area contributed by atoms with E-state index in [1.165, 1.54) is 16.7 Å². The molecule has 0 saturated heterocycles. The minimum absolute atomic E-state index is 0.296. The first-order valence-electron chi connectivity index (χ1n) is 8.53. The number of allylic oxidation sites excluding steroid dienone is 5. The van der Waals surface area contributed by atoms with Crippen LogP contribution < -0.4 is 0 Å². The van der Waals surface area contributed by atoms with Crippen LogP contribution in [0.5, 0.6) is 0 Å². The van der Waals surface area contributed by atoms with Gasteiger partial charge in [0.05, 0.1) is 5.60 Å². The predicted molar refractivity (Wildman–Crippen MR) is 93.4 cm³/mol. The molecule has 0 aliphatic heterocycles. The molecular weight excluding hydrogens is 256 g/mol. The molecule has 0 radical (unpaired) electrons. The van der Waals surface area contributed by atoms with Gasteiger partial charge in [-0.25, -0.2) is 0 Å². The van der Waals surface area contributed by atoms with Crippen LogP contribution in [0.4, 0.5) is 0 Å². The van der Waals surface area contributed by atoms with E-state index < -0.39 is 5.60 Å². The molecule has 1 N–H and O–H groups in total. The van der Waals surface area contributed by atoms with Gasteiger partial charge in [-0.1, -0.05) is 48.8 Å². The van der Waals surface area contributed by atoms with E-state index in [4.69, 9.17) is 0 Å². The lowest BCUT2D eigenvalue weighted by atomic mass is 9.81. The molecule has 0 saturated carbocycles. The van der Waals surface area contributed by atoms with Gasteiger partial charge in [-0.2, -0.15) is 0 Å². The average molecular weight is 290 g/mol. The van der Waals surface area contributed by atoms with E-state index in [0.29, 0.717) is 5.92 Å². The summed E-state index contributed by atoms with van der Waals surface area (Å²) < 4.78 is 0. The maximum Gasteiger partial charge on any atom is 0.0707 e. The molecule has 0 amide bonds. The quantitative estimate of drug-likeness (QED) is 0.591. The molecule has 1 nitrogen and oxygen atoms in total. The molecule has 1 atom stereocenters. The zero-order valence-electron chi connectivity index (χ0n) is 14.7. The Balaban J connectivity index is 2.88. The Hall–Kier alpha value is -0.820. The normalized spacial score (nSPS) is 34.1. The van der Waals surface area contributed by atoms with Gasteiger partial charge >= 0.3 is 0 Å². The van der Waals surface area contributed by atoms with Crippen LogP contribution in [0.2, 0.25) is 0 Å². The van der Waals surface area contributed by atoms with Gasteiger partial charge in [-0.3, -0.25) is 0 Å². The first-order chi connectivity index (χ1) is 9.83. The van der Waals surface area contributed by atoms with Crippen molar-refractivity contribution in [3.63, 3.8) is 0 Å². The molecule has 0 aromatic carbocycles. The smallest absolute Gasteiger partial charge is 0.0707 e. The topological polar surface area (TPSA) is 20.2 Å². The fourth-order valence-corrected chi connectivity index (χ4v) is 2.79. The van der Waals surface area contributed by atoms with Gasteiger partial charge in [0.25, 0.3) is 0 Å². The van der Waals surface area contributed by atoms with Gasteiger partial charge in [0.2, 0.25) is 0 Å². The molecule has 1 aliphatic carbocycles. The second-order valence-corrected chi connectivity index (χ2v) is 7.19. The summed E-state index contributed by atoms with van der Waals surface area (Å²) in [7, 11) is 0. The minimum Gasteiger partial charge on any atom is -0.389 e. The summed E-state index contributed by atoms with van der Waals surface area (Å²) in [4.78, 5) is 0. The summed E-state index contributed by atoms with van der Waals surface area (Å²) in [6.07, 6.45) is 14.2. The van der Waals surface area contributed by atoms with Gasteiger partial charge in [-0.15, -0.1) is 0 Å². The summed E-state index contributed by atoms with van der Waals surface area (Å²) in [5, 5.41) is 11.0. The summed E-state index contributed by atoms with van der Waals surface area (Å²) >= 11 is 0. The van der Waals surface area contributed by atoms with Crippen LogP contribution in [0.15, 0.2) is 34.9 Å². The Morgan fingerprint density at radius 1 is 0.857 bits per heavy atom. The van der Waals surface area contributed by atoms with E-state index in [1.54, 1.807) is 0 Å². The number of rotatable bonds is 1. The molecule has 0 aromatic rings. The predicted octanol–water partition coefficient (Wildman–Crippen LogP) is 5.96. The van der Waals surface area contributed by atoms with Crippen LogP contribution >= 0.6 is 0 Å². The molecule has 21 heavy (non-hydrogen) atoms. The van der Waals surface area contributed by atoms with Gasteiger partial charge in [-0.05, 0) is 71.6 Å². The standard InChI is InChI=1S/C20H34O/c1-16(2)20(21)14-12-18(4)10-6-8-17(3)9-7-11-19(5)13-15-20/h8,11-12,16,21H,6-7,9-10,13-15H2,1-5H3/b17-8-,18-12+,19-11+. The first kappa shape index (κ1) is 18.2. The molecule has 1 rings (SSSR count). The fourth-order valence-electron chi connectivity index (χ4n) is 2.79. The highest BCUT2D eigenvalue weighted by Crippen LogP contribution is 2.30. The SMILES string of the molecule is C/C1=C/CC/C(C)=C/CC(O)(C(C)C)CC/C(C)=C/CC1. The third kappa shape index (κ3) is 6.65. The molecule has 1 unspecified atom stereocenters. The van der Waals surface area contributed by atoms with Crippen LogP contribution in [0, 0.1) is 5.92 Å². The molecule has 120 valence electrons. The molecule has 1 heteroatoms. The van der Waals surface area contributed by atoms with Crippen molar-refractivity contribution in [2.45, 2.75) is 85.2 Å². The zero-order valence-corrected chi connectivity index (χ0v) is 14.7. The third-order valence-corrected chi connectivity index (χ3v) is 4.89. The molecule has 1 aliphatic rings. The Kier molecular flexibility index (Phi) is 7.45. The van der Waals surface area contributed by atoms with E-state index in [1.807, 2.05) is 0 Å². The Labute approximate surface area is 131 Å². The lowest BCUT2D eigenvalue weighted by Gasteiger charge is -2.32. The van der Waals surface area contributed by atoms with E-state index in [-0.39, 0.29) is 0 Å². The van der Waals surface area contributed by atoms with Crippen LogP contribution in [-0.2, 0) is 0 Å². The van der Waals surface area contributed by atoms with E-state index in [9.17, 15) is 5.11 Å². The van der Waals surface area contributed by atoms with E-state index in [0.717, 1.165) is 44.9 Å². The van der Waals surface area contributed by atoms with Crippen molar-refractivity contribution < 1.29 is 5.11 Å². The molecule has 0 fully saturated rings. The molecule has 0 heterocycles. The summed E-state index contributed by atoms with van der Waals surface area (Å²) in [6, 6.07) is 0. The fraction of sp³-hybridized carbons (Fsp3) is 0.700. The van der Waals surface area contributed by atoms with Crippen LogP contribution in [0.25, 0.3) is 0 Å². The maximum absolute atomic E-state index is 11.0. The molecule has 0 aromatic heterocycles. The van der Waals surface area contributed by atoms with E-state index >= 15 is 0 Å². The second kappa shape index (κ2) is 8.58. The van der Waals surface area contributed by atoms with Crippen molar-refractivity contribution in [2.75, 3.05) is 0 Å². The minimum atomic E-state index is -0.563. The summed E-state index contributed by atoms with van der Waals surface area (Å²) in [6.45, 7) is 10.9. The van der Waals surface area contributed by atoms with Gasteiger partial charge in [0.15, 0.2) is 0 Å². The van der Waals surface area contributed by atoms with Gasteiger partial charge in [0, 0.05) is 0 Å². The summed E-state index contributed by atoms with van der Waals surface area (Å²) in [5.74, 6) is 0.296. The van der Waals surface area contributed by atoms with Crippen molar-refractivity contribution in [3.8, 4) is 0 Å². The van der Waals surface area contributed by atoms with Crippen molar-refractivity contribution >= 4 is 0 Å². The lowest BCUT2D eigenvalue weighted by molar-refractivity contribution is -0.0101. The van der Waals surface area contributed by atoms with E-state index in [2.05, 4.69) is 52.8 Å².